The molecule has 0 atom stereocenters. The molecule has 0 radical (unpaired) electrons. The number of amides is 1. The van der Waals surface area contributed by atoms with Crippen LogP contribution in [0.25, 0.3) is 0 Å². The van der Waals surface area contributed by atoms with E-state index in [1.807, 2.05) is 44.2 Å². The molecule has 2 N–H and O–H groups in total. The van der Waals surface area contributed by atoms with Crippen molar-refractivity contribution in [1.29, 1.82) is 0 Å². The summed E-state index contributed by atoms with van der Waals surface area (Å²) in [6.45, 7) is 4.29. The highest BCUT2D eigenvalue weighted by atomic mass is 16.5. The Hall–Kier alpha value is -3.15. The summed E-state index contributed by atoms with van der Waals surface area (Å²) in [5.41, 5.74) is 3.28. The van der Waals surface area contributed by atoms with E-state index in [9.17, 15) is 4.79 Å². The SMILES string of the molecule is Cc1cccc(C)c1Oc1ncccc1CNC(=O)c1cnc[nH]1. The summed E-state index contributed by atoms with van der Waals surface area (Å²) in [6, 6.07) is 9.66. The van der Waals surface area contributed by atoms with Crippen LogP contribution in [0.15, 0.2) is 49.1 Å². The summed E-state index contributed by atoms with van der Waals surface area (Å²) in [6.07, 6.45) is 4.62. The number of hydrogen-bond donors (Lipinski definition) is 2. The second-order valence-corrected chi connectivity index (χ2v) is 5.44. The molecule has 1 amide bonds. The minimum atomic E-state index is -0.227. The van der Waals surface area contributed by atoms with Crippen LogP contribution in [0.1, 0.15) is 27.2 Å². The molecule has 0 aliphatic heterocycles. The van der Waals surface area contributed by atoms with Crippen LogP contribution in [0, 0.1) is 13.8 Å². The van der Waals surface area contributed by atoms with E-state index in [2.05, 4.69) is 20.3 Å². The number of carbonyl (C=O) groups excluding carboxylic acids is 1. The first kappa shape index (κ1) is 15.7. The van der Waals surface area contributed by atoms with Crippen molar-refractivity contribution in [3.63, 3.8) is 0 Å². The number of para-hydroxylation sites is 1. The Morgan fingerprint density at radius 2 is 2.00 bits per heavy atom. The first-order valence-electron chi connectivity index (χ1n) is 7.59. The van der Waals surface area contributed by atoms with Gasteiger partial charge in [-0.05, 0) is 31.0 Å². The van der Waals surface area contributed by atoms with Crippen molar-refractivity contribution in [1.82, 2.24) is 20.3 Å². The smallest absolute Gasteiger partial charge is 0.269 e. The number of aromatic nitrogens is 3. The fraction of sp³-hybridized carbons (Fsp3) is 0.167. The molecular formula is C18H18N4O2. The van der Waals surface area contributed by atoms with Crippen molar-refractivity contribution in [2.45, 2.75) is 20.4 Å². The Balaban J connectivity index is 1.77. The molecule has 1 aromatic carbocycles. The summed E-state index contributed by atoms with van der Waals surface area (Å²) in [5.74, 6) is 1.05. The van der Waals surface area contributed by atoms with Gasteiger partial charge in [0.05, 0.1) is 12.5 Å². The summed E-state index contributed by atoms with van der Waals surface area (Å²) in [4.78, 5) is 22.9. The van der Waals surface area contributed by atoms with Gasteiger partial charge in [-0.2, -0.15) is 0 Å². The van der Waals surface area contributed by atoms with Crippen molar-refractivity contribution >= 4 is 5.91 Å². The predicted molar refractivity (Wildman–Crippen MR) is 90.0 cm³/mol. The second-order valence-electron chi connectivity index (χ2n) is 5.44. The molecule has 3 rings (SSSR count). The fourth-order valence-electron chi connectivity index (χ4n) is 2.36. The van der Waals surface area contributed by atoms with Crippen LogP contribution in [-0.4, -0.2) is 20.9 Å². The maximum atomic E-state index is 12.0. The van der Waals surface area contributed by atoms with Crippen LogP contribution in [0.4, 0.5) is 0 Å². The molecule has 2 heterocycles. The minimum Gasteiger partial charge on any atom is -0.438 e. The van der Waals surface area contributed by atoms with Gasteiger partial charge in [-0.25, -0.2) is 9.97 Å². The molecule has 0 bridgehead atoms. The van der Waals surface area contributed by atoms with E-state index >= 15 is 0 Å². The van der Waals surface area contributed by atoms with E-state index in [1.165, 1.54) is 12.5 Å². The topological polar surface area (TPSA) is 79.9 Å². The van der Waals surface area contributed by atoms with Crippen LogP contribution in [0.2, 0.25) is 0 Å². The van der Waals surface area contributed by atoms with Gasteiger partial charge >= 0.3 is 0 Å². The number of aryl methyl sites for hydroxylation is 2. The lowest BCUT2D eigenvalue weighted by Crippen LogP contribution is -2.23. The number of rotatable bonds is 5. The van der Waals surface area contributed by atoms with Gasteiger partial charge in [-0.15, -0.1) is 0 Å². The summed E-state index contributed by atoms with van der Waals surface area (Å²) in [7, 11) is 0. The Kier molecular flexibility index (Phi) is 4.56. The second kappa shape index (κ2) is 6.95. The molecule has 0 unspecified atom stereocenters. The lowest BCUT2D eigenvalue weighted by Gasteiger charge is -2.14. The Labute approximate surface area is 139 Å². The Morgan fingerprint density at radius 3 is 2.71 bits per heavy atom. The van der Waals surface area contributed by atoms with E-state index in [4.69, 9.17) is 4.74 Å². The fourth-order valence-corrected chi connectivity index (χ4v) is 2.36. The van der Waals surface area contributed by atoms with Gasteiger partial charge in [0, 0.05) is 18.3 Å². The normalized spacial score (nSPS) is 10.4. The largest absolute Gasteiger partial charge is 0.438 e. The highest BCUT2D eigenvalue weighted by Gasteiger charge is 2.12. The van der Waals surface area contributed by atoms with Crippen LogP contribution in [0.3, 0.4) is 0 Å². The van der Waals surface area contributed by atoms with E-state index in [0.29, 0.717) is 18.1 Å². The molecule has 6 heteroatoms. The molecule has 0 spiro atoms. The zero-order valence-electron chi connectivity index (χ0n) is 13.5. The number of benzene rings is 1. The van der Waals surface area contributed by atoms with Crippen LogP contribution >= 0.6 is 0 Å². The predicted octanol–water partition coefficient (Wildman–Crippen LogP) is 3.14. The van der Waals surface area contributed by atoms with Crippen LogP contribution in [-0.2, 0) is 6.54 Å². The van der Waals surface area contributed by atoms with Crippen molar-refractivity contribution in [3.8, 4) is 11.6 Å². The average Bonchev–Trinajstić information content (AvgIpc) is 3.12. The van der Waals surface area contributed by atoms with Crippen molar-refractivity contribution in [2.24, 2.45) is 0 Å². The lowest BCUT2D eigenvalue weighted by molar-refractivity contribution is 0.0946. The molecule has 0 saturated heterocycles. The number of nitrogens with zero attached hydrogens (tertiary/aromatic N) is 2. The zero-order valence-corrected chi connectivity index (χ0v) is 13.5. The quantitative estimate of drug-likeness (QED) is 0.756. The lowest BCUT2D eigenvalue weighted by atomic mass is 10.1. The third-order valence-electron chi connectivity index (χ3n) is 3.64. The molecule has 2 aromatic heterocycles. The molecular weight excluding hydrogens is 304 g/mol. The van der Waals surface area contributed by atoms with Gasteiger partial charge < -0.3 is 15.0 Å². The molecule has 6 nitrogen and oxygen atoms in total. The van der Waals surface area contributed by atoms with E-state index in [-0.39, 0.29) is 5.91 Å². The highest BCUT2D eigenvalue weighted by molar-refractivity contribution is 5.91. The summed E-state index contributed by atoms with van der Waals surface area (Å²) < 4.78 is 6.01. The first-order valence-corrected chi connectivity index (χ1v) is 7.59. The van der Waals surface area contributed by atoms with Crippen molar-refractivity contribution in [3.05, 3.63) is 71.4 Å². The van der Waals surface area contributed by atoms with Gasteiger partial charge in [0.2, 0.25) is 5.88 Å². The van der Waals surface area contributed by atoms with Crippen molar-refractivity contribution in [2.75, 3.05) is 0 Å². The zero-order chi connectivity index (χ0) is 16.9. The summed E-state index contributed by atoms with van der Waals surface area (Å²) in [5, 5.41) is 2.83. The maximum absolute atomic E-state index is 12.0. The minimum absolute atomic E-state index is 0.227. The van der Waals surface area contributed by atoms with E-state index in [1.54, 1.807) is 6.20 Å². The maximum Gasteiger partial charge on any atom is 0.269 e. The standard InChI is InChI=1S/C18H18N4O2/c1-12-5-3-6-13(2)16(12)24-18-14(7-4-8-20-18)9-21-17(23)15-10-19-11-22-15/h3-8,10-11H,9H2,1-2H3,(H,19,22)(H,21,23). The van der Waals surface area contributed by atoms with Crippen molar-refractivity contribution < 1.29 is 9.53 Å². The first-order chi connectivity index (χ1) is 11.6. The van der Waals surface area contributed by atoms with Crippen LogP contribution in [0.5, 0.6) is 11.6 Å². The number of aromatic amines is 1. The van der Waals surface area contributed by atoms with Gasteiger partial charge in [0.15, 0.2) is 0 Å². The molecule has 0 aliphatic rings. The number of nitrogens with one attached hydrogen (secondary N) is 2. The van der Waals surface area contributed by atoms with E-state index in [0.717, 1.165) is 22.4 Å². The number of pyridine rings is 1. The Bertz CT molecular complexity index is 824. The molecule has 24 heavy (non-hydrogen) atoms. The van der Waals surface area contributed by atoms with Gasteiger partial charge in [-0.1, -0.05) is 24.3 Å². The number of ether oxygens (including phenoxy) is 1. The molecule has 3 aromatic rings. The Morgan fingerprint density at radius 1 is 1.21 bits per heavy atom. The van der Waals surface area contributed by atoms with Gasteiger partial charge in [0.1, 0.15) is 11.4 Å². The number of hydrogen-bond acceptors (Lipinski definition) is 4. The number of carbonyl (C=O) groups is 1. The van der Waals surface area contributed by atoms with Crippen LogP contribution < -0.4 is 10.1 Å². The van der Waals surface area contributed by atoms with E-state index < -0.39 is 0 Å². The molecule has 122 valence electrons. The van der Waals surface area contributed by atoms with Gasteiger partial charge in [-0.3, -0.25) is 4.79 Å². The monoisotopic (exact) mass is 322 g/mol. The summed E-state index contributed by atoms with van der Waals surface area (Å²) >= 11 is 0. The number of H-pyrrole nitrogens is 1. The number of imidazole rings is 1. The van der Waals surface area contributed by atoms with Gasteiger partial charge in [0.25, 0.3) is 5.91 Å². The highest BCUT2D eigenvalue weighted by Crippen LogP contribution is 2.29. The third-order valence-corrected chi connectivity index (χ3v) is 3.64. The molecule has 0 aliphatic carbocycles. The molecule has 0 saturated carbocycles. The molecule has 0 fully saturated rings. The third kappa shape index (κ3) is 3.43. The average molecular weight is 322 g/mol.